The minimum absolute atomic E-state index is 0.0525. The molecule has 0 aliphatic carbocycles. The number of benzene rings is 1. The molecule has 0 aliphatic rings. The van der Waals surface area contributed by atoms with Crippen LogP contribution in [0.2, 0.25) is 5.02 Å². The molecule has 108 valence electrons. The molecule has 0 bridgehead atoms. The SMILES string of the molecule is CCNC(Cc1nc(C)c(C)s1)c1ccc(Cl)c(F)c1. The molecule has 1 heterocycles. The number of hydrogen-bond donors (Lipinski definition) is 1. The van der Waals surface area contributed by atoms with E-state index in [2.05, 4.69) is 17.2 Å². The van der Waals surface area contributed by atoms with Crippen LogP contribution in [-0.2, 0) is 6.42 Å². The summed E-state index contributed by atoms with van der Waals surface area (Å²) < 4.78 is 13.6. The average Bonchev–Trinajstić information content (AvgIpc) is 2.71. The first-order valence-electron chi connectivity index (χ1n) is 6.62. The van der Waals surface area contributed by atoms with E-state index < -0.39 is 0 Å². The van der Waals surface area contributed by atoms with Crippen LogP contribution in [0.5, 0.6) is 0 Å². The summed E-state index contributed by atoms with van der Waals surface area (Å²) in [5.41, 5.74) is 1.97. The summed E-state index contributed by atoms with van der Waals surface area (Å²) in [4.78, 5) is 5.79. The van der Waals surface area contributed by atoms with Gasteiger partial charge in [-0.2, -0.15) is 0 Å². The summed E-state index contributed by atoms with van der Waals surface area (Å²) in [7, 11) is 0. The lowest BCUT2D eigenvalue weighted by Gasteiger charge is -2.17. The number of aromatic nitrogens is 1. The van der Waals surface area contributed by atoms with E-state index in [4.69, 9.17) is 11.6 Å². The molecule has 0 spiro atoms. The fourth-order valence-electron chi connectivity index (χ4n) is 2.08. The zero-order valence-corrected chi connectivity index (χ0v) is 13.4. The van der Waals surface area contributed by atoms with Gasteiger partial charge in [-0.1, -0.05) is 24.6 Å². The Bertz CT molecular complexity index is 578. The van der Waals surface area contributed by atoms with E-state index in [1.165, 1.54) is 10.9 Å². The quantitative estimate of drug-likeness (QED) is 0.882. The van der Waals surface area contributed by atoms with Crippen LogP contribution in [0.15, 0.2) is 18.2 Å². The third-order valence-corrected chi connectivity index (χ3v) is 4.65. The van der Waals surface area contributed by atoms with E-state index in [-0.39, 0.29) is 16.9 Å². The van der Waals surface area contributed by atoms with Crippen molar-refractivity contribution in [3.05, 3.63) is 50.2 Å². The lowest BCUT2D eigenvalue weighted by molar-refractivity contribution is 0.541. The Labute approximate surface area is 128 Å². The maximum absolute atomic E-state index is 13.6. The van der Waals surface area contributed by atoms with E-state index in [9.17, 15) is 4.39 Å². The Kier molecular flexibility index (Phi) is 5.13. The minimum atomic E-state index is -0.376. The monoisotopic (exact) mass is 312 g/mol. The summed E-state index contributed by atoms with van der Waals surface area (Å²) in [6.07, 6.45) is 0.758. The summed E-state index contributed by atoms with van der Waals surface area (Å²) in [5, 5.41) is 4.61. The normalized spacial score (nSPS) is 12.7. The number of halogens is 2. The van der Waals surface area contributed by atoms with E-state index in [0.717, 1.165) is 29.2 Å². The van der Waals surface area contributed by atoms with Crippen LogP contribution < -0.4 is 5.32 Å². The van der Waals surface area contributed by atoms with Crippen LogP contribution in [0, 0.1) is 19.7 Å². The number of nitrogens with zero attached hydrogens (tertiary/aromatic N) is 1. The fraction of sp³-hybridized carbons (Fsp3) is 0.400. The first-order valence-corrected chi connectivity index (χ1v) is 7.82. The second-order valence-electron chi connectivity index (χ2n) is 4.74. The molecule has 20 heavy (non-hydrogen) atoms. The van der Waals surface area contributed by atoms with Crippen molar-refractivity contribution < 1.29 is 4.39 Å². The highest BCUT2D eigenvalue weighted by Gasteiger charge is 2.15. The Morgan fingerprint density at radius 3 is 2.70 bits per heavy atom. The summed E-state index contributed by atoms with van der Waals surface area (Å²) in [6.45, 7) is 6.94. The predicted molar refractivity (Wildman–Crippen MR) is 83.1 cm³/mol. The van der Waals surface area contributed by atoms with Crippen LogP contribution in [0.3, 0.4) is 0 Å². The minimum Gasteiger partial charge on any atom is -0.310 e. The smallest absolute Gasteiger partial charge is 0.142 e. The molecule has 0 aliphatic heterocycles. The fourth-order valence-corrected chi connectivity index (χ4v) is 3.18. The number of rotatable bonds is 5. The van der Waals surface area contributed by atoms with Gasteiger partial charge in [-0.25, -0.2) is 9.37 Å². The van der Waals surface area contributed by atoms with Gasteiger partial charge in [0.05, 0.1) is 15.7 Å². The van der Waals surface area contributed by atoms with Gasteiger partial charge in [0.1, 0.15) is 5.82 Å². The van der Waals surface area contributed by atoms with E-state index in [1.54, 1.807) is 17.4 Å². The Morgan fingerprint density at radius 2 is 2.15 bits per heavy atom. The van der Waals surface area contributed by atoms with Gasteiger partial charge in [-0.05, 0) is 38.1 Å². The molecule has 1 aromatic heterocycles. The van der Waals surface area contributed by atoms with Crippen LogP contribution in [0.1, 0.15) is 34.1 Å². The highest BCUT2D eigenvalue weighted by molar-refractivity contribution is 7.11. The molecule has 0 radical (unpaired) electrons. The molecule has 0 saturated heterocycles. The van der Waals surface area contributed by atoms with Crippen LogP contribution in [-0.4, -0.2) is 11.5 Å². The second-order valence-corrected chi connectivity index (χ2v) is 6.43. The van der Waals surface area contributed by atoms with E-state index >= 15 is 0 Å². The summed E-state index contributed by atoms with van der Waals surface area (Å²) >= 11 is 7.44. The molecule has 1 atom stereocenters. The van der Waals surface area contributed by atoms with Crippen molar-refractivity contribution in [1.29, 1.82) is 0 Å². The van der Waals surface area contributed by atoms with Gasteiger partial charge in [-0.3, -0.25) is 0 Å². The number of hydrogen-bond acceptors (Lipinski definition) is 3. The molecule has 2 rings (SSSR count). The van der Waals surface area contributed by atoms with Gasteiger partial charge in [-0.15, -0.1) is 11.3 Å². The van der Waals surface area contributed by atoms with Gasteiger partial charge in [0.25, 0.3) is 0 Å². The van der Waals surface area contributed by atoms with Crippen molar-refractivity contribution in [2.75, 3.05) is 6.54 Å². The number of aryl methyl sites for hydroxylation is 2. The van der Waals surface area contributed by atoms with Crippen molar-refractivity contribution in [3.8, 4) is 0 Å². The largest absolute Gasteiger partial charge is 0.310 e. The molecule has 2 aromatic rings. The lowest BCUT2D eigenvalue weighted by atomic mass is 10.0. The van der Waals surface area contributed by atoms with Crippen molar-refractivity contribution in [2.45, 2.75) is 33.2 Å². The standard InChI is InChI=1S/C15H18ClFN2S/c1-4-18-14(8-15-19-9(2)10(3)20-15)11-5-6-12(16)13(17)7-11/h5-7,14,18H,4,8H2,1-3H3. The van der Waals surface area contributed by atoms with E-state index in [0.29, 0.717) is 0 Å². The summed E-state index contributed by atoms with van der Waals surface area (Å²) in [5.74, 6) is -0.376. The molecule has 1 unspecified atom stereocenters. The van der Waals surface area contributed by atoms with Gasteiger partial charge < -0.3 is 5.32 Å². The number of thiazole rings is 1. The van der Waals surface area contributed by atoms with Crippen molar-refractivity contribution in [2.24, 2.45) is 0 Å². The van der Waals surface area contributed by atoms with Gasteiger partial charge in [0, 0.05) is 17.3 Å². The van der Waals surface area contributed by atoms with Crippen molar-refractivity contribution >= 4 is 22.9 Å². The molecule has 0 saturated carbocycles. The molecule has 5 heteroatoms. The Hall–Kier alpha value is -0.970. The third-order valence-electron chi connectivity index (χ3n) is 3.25. The topological polar surface area (TPSA) is 24.9 Å². The van der Waals surface area contributed by atoms with Crippen LogP contribution in [0.25, 0.3) is 0 Å². The average molecular weight is 313 g/mol. The first kappa shape index (κ1) is 15.4. The first-order chi connectivity index (χ1) is 9.51. The zero-order valence-electron chi connectivity index (χ0n) is 11.8. The van der Waals surface area contributed by atoms with Crippen molar-refractivity contribution in [1.82, 2.24) is 10.3 Å². The Balaban J connectivity index is 2.23. The maximum atomic E-state index is 13.6. The molecule has 1 N–H and O–H groups in total. The predicted octanol–water partition coefficient (Wildman–Crippen LogP) is 4.45. The lowest BCUT2D eigenvalue weighted by Crippen LogP contribution is -2.23. The maximum Gasteiger partial charge on any atom is 0.142 e. The highest BCUT2D eigenvalue weighted by Crippen LogP contribution is 2.25. The van der Waals surface area contributed by atoms with Crippen LogP contribution in [0.4, 0.5) is 4.39 Å². The Morgan fingerprint density at radius 1 is 1.40 bits per heavy atom. The number of nitrogens with one attached hydrogen (secondary N) is 1. The summed E-state index contributed by atoms with van der Waals surface area (Å²) in [6, 6.07) is 5.03. The molecule has 0 fully saturated rings. The third kappa shape index (κ3) is 3.57. The van der Waals surface area contributed by atoms with E-state index in [1.807, 2.05) is 19.9 Å². The van der Waals surface area contributed by atoms with Crippen LogP contribution >= 0.6 is 22.9 Å². The zero-order chi connectivity index (χ0) is 14.7. The van der Waals surface area contributed by atoms with Gasteiger partial charge in [0.15, 0.2) is 0 Å². The second kappa shape index (κ2) is 6.66. The molecular formula is C15H18ClFN2S. The molecule has 1 aromatic carbocycles. The molecule has 2 nitrogen and oxygen atoms in total. The van der Waals surface area contributed by atoms with Gasteiger partial charge >= 0.3 is 0 Å². The highest BCUT2D eigenvalue weighted by atomic mass is 35.5. The molecule has 0 amide bonds. The van der Waals surface area contributed by atoms with Gasteiger partial charge in [0.2, 0.25) is 0 Å². The number of likely N-dealkylation sites (N-methyl/N-ethyl adjacent to an activating group) is 1. The van der Waals surface area contributed by atoms with Crippen molar-refractivity contribution in [3.63, 3.8) is 0 Å². The molecular weight excluding hydrogens is 295 g/mol.